The van der Waals surface area contributed by atoms with Crippen LogP contribution in [0.15, 0.2) is 114 Å². The summed E-state index contributed by atoms with van der Waals surface area (Å²) in [6.45, 7) is 0. The maximum absolute atomic E-state index is 6.02. The Morgan fingerprint density at radius 2 is 1.30 bits per heavy atom. The van der Waals surface area contributed by atoms with Crippen molar-refractivity contribution in [2.45, 2.75) is 0 Å². The van der Waals surface area contributed by atoms with Crippen molar-refractivity contribution in [1.29, 1.82) is 0 Å². The fourth-order valence-corrected chi connectivity index (χ4v) is 5.83. The Morgan fingerprint density at radius 1 is 0.545 bits per heavy atom. The Labute approximate surface area is 194 Å². The van der Waals surface area contributed by atoms with Crippen molar-refractivity contribution in [3.8, 4) is 11.1 Å². The Morgan fingerprint density at radius 3 is 2.21 bits per heavy atom. The minimum atomic E-state index is 0.909. The molecule has 0 aliphatic carbocycles. The summed E-state index contributed by atoms with van der Waals surface area (Å²) in [6, 6.07) is 38.4. The molecule has 0 spiro atoms. The topological polar surface area (TPSA) is 25.2 Å². The zero-order chi connectivity index (χ0) is 21.8. The molecule has 0 aliphatic rings. The smallest absolute Gasteiger partial charge is 0.135 e. The molecule has 0 saturated carbocycles. The maximum Gasteiger partial charge on any atom is 0.135 e. The SMILES string of the molecule is c1ccc(-c2cc(Nc3ccc4oc5ccccc5c4c3)c3sc4ccccc4c3c2)cc1. The number of furan rings is 1. The first-order valence-electron chi connectivity index (χ1n) is 11.0. The summed E-state index contributed by atoms with van der Waals surface area (Å²) in [5.74, 6) is 0. The van der Waals surface area contributed by atoms with Crippen molar-refractivity contribution in [2.75, 3.05) is 5.32 Å². The summed E-state index contributed by atoms with van der Waals surface area (Å²) in [4.78, 5) is 0. The van der Waals surface area contributed by atoms with Crippen LogP contribution in [0.2, 0.25) is 0 Å². The highest BCUT2D eigenvalue weighted by Gasteiger charge is 2.13. The van der Waals surface area contributed by atoms with E-state index in [1.165, 1.54) is 31.3 Å². The molecule has 156 valence electrons. The van der Waals surface area contributed by atoms with E-state index < -0.39 is 0 Å². The zero-order valence-corrected chi connectivity index (χ0v) is 18.5. The number of hydrogen-bond donors (Lipinski definition) is 1. The third kappa shape index (κ3) is 3.01. The van der Waals surface area contributed by atoms with E-state index in [1.54, 1.807) is 0 Å². The molecule has 7 aromatic rings. The average Bonchev–Trinajstić information content (AvgIpc) is 3.43. The van der Waals surface area contributed by atoms with Crippen molar-refractivity contribution < 1.29 is 4.42 Å². The highest BCUT2D eigenvalue weighted by molar-refractivity contribution is 7.26. The van der Waals surface area contributed by atoms with Gasteiger partial charge in [0.05, 0.1) is 10.4 Å². The second kappa shape index (κ2) is 7.22. The molecule has 0 radical (unpaired) electrons. The summed E-state index contributed by atoms with van der Waals surface area (Å²) in [6.07, 6.45) is 0. The van der Waals surface area contributed by atoms with Crippen molar-refractivity contribution >= 4 is 64.8 Å². The Bertz CT molecular complexity index is 1790. The Kier molecular flexibility index (Phi) is 4.05. The summed E-state index contributed by atoms with van der Waals surface area (Å²) in [5, 5.41) is 8.59. The van der Waals surface area contributed by atoms with Gasteiger partial charge < -0.3 is 9.73 Å². The number of benzene rings is 5. The highest BCUT2D eigenvalue weighted by Crippen LogP contribution is 2.42. The molecule has 2 heterocycles. The monoisotopic (exact) mass is 441 g/mol. The van der Waals surface area contributed by atoms with Gasteiger partial charge in [0.25, 0.3) is 0 Å². The normalized spacial score (nSPS) is 11.6. The van der Waals surface area contributed by atoms with E-state index >= 15 is 0 Å². The summed E-state index contributed by atoms with van der Waals surface area (Å²) >= 11 is 1.84. The van der Waals surface area contributed by atoms with Gasteiger partial charge in [-0.05, 0) is 53.6 Å². The largest absolute Gasteiger partial charge is 0.456 e. The quantitative estimate of drug-likeness (QED) is 0.295. The number of para-hydroxylation sites is 1. The predicted octanol–water partition coefficient (Wildman–Crippen LogP) is 9.36. The van der Waals surface area contributed by atoms with Crippen LogP contribution in [-0.4, -0.2) is 0 Å². The van der Waals surface area contributed by atoms with Crippen molar-refractivity contribution in [2.24, 2.45) is 0 Å². The lowest BCUT2D eigenvalue weighted by atomic mass is 10.0. The predicted molar refractivity (Wildman–Crippen MR) is 142 cm³/mol. The van der Waals surface area contributed by atoms with E-state index in [1.807, 2.05) is 23.5 Å². The van der Waals surface area contributed by atoms with Crippen LogP contribution in [0.5, 0.6) is 0 Å². The van der Waals surface area contributed by atoms with E-state index in [0.717, 1.165) is 33.3 Å². The number of thiophene rings is 1. The molecule has 2 aromatic heterocycles. The summed E-state index contributed by atoms with van der Waals surface area (Å²) in [7, 11) is 0. The van der Waals surface area contributed by atoms with E-state index in [4.69, 9.17) is 4.42 Å². The molecule has 5 aromatic carbocycles. The zero-order valence-electron chi connectivity index (χ0n) is 17.7. The van der Waals surface area contributed by atoms with Gasteiger partial charge in [-0.1, -0.05) is 66.7 Å². The van der Waals surface area contributed by atoms with Crippen LogP contribution < -0.4 is 5.32 Å². The van der Waals surface area contributed by atoms with E-state index in [-0.39, 0.29) is 0 Å². The molecular weight excluding hydrogens is 422 g/mol. The first-order chi connectivity index (χ1) is 16.3. The van der Waals surface area contributed by atoms with Gasteiger partial charge in [0.1, 0.15) is 11.2 Å². The second-order valence-electron chi connectivity index (χ2n) is 8.30. The molecule has 1 N–H and O–H groups in total. The molecule has 7 rings (SSSR count). The fraction of sp³-hybridized carbons (Fsp3) is 0. The van der Waals surface area contributed by atoms with Crippen LogP contribution in [0.25, 0.3) is 53.2 Å². The standard InChI is InChI=1S/C30H19NOS/c1-2-8-19(9-3-1)20-16-25-23-11-5-7-13-29(23)33-30(25)26(17-20)31-21-14-15-28-24(18-21)22-10-4-6-12-27(22)32-28/h1-18,31H. The molecule has 0 amide bonds. The maximum atomic E-state index is 6.02. The van der Waals surface area contributed by atoms with Crippen LogP contribution in [0.3, 0.4) is 0 Å². The molecule has 33 heavy (non-hydrogen) atoms. The third-order valence-corrected chi connectivity index (χ3v) is 7.46. The van der Waals surface area contributed by atoms with Crippen LogP contribution in [0.4, 0.5) is 11.4 Å². The minimum absolute atomic E-state index is 0.909. The van der Waals surface area contributed by atoms with Gasteiger partial charge in [-0.2, -0.15) is 0 Å². The lowest BCUT2D eigenvalue weighted by Crippen LogP contribution is -1.91. The van der Waals surface area contributed by atoms with Gasteiger partial charge in [-0.25, -0.2) is 0 Å². The average molecular weight is 442 g/mol. The van der Waals surface area contributed by atoms with Crippen LogP contribution in [0, 0.1) is 0 Å². The molecule has 3 heteroatoms. The van der Waals surface area contributed by atoms with Gasteiger partial charge in [-0.3, -0.25) is 0 Å². The first kappa shape index (κ1) is 18.5. The first-order valence-corrected chi connectivity index (χ1v) is 11.8. The van der Waals surface area contributed by atoms with Crippen LogP contribution >= 0.6 is 11.3 Å². The molecular formula is C30H19NOS. The number of fused-ring (bicyclic) bond motifs is 6. The molecule has 0 atom stereocenters. The minimum Gasteiger partial charge on any atom is -0.456 e. The van der Waals surface area contributed by atoms with Crippen molar-refractivity contribution in [1.82, 2.24) is 0 Å². The lowest BCUT2D eigenvalue weighted by Gasteiger charge is -2.11. The molecule has 0 bridgehead atoms. The molecule has 0 unspecified atom stereocenters. The molecule has 0 saturated heterocycles. The highest BCUT2D eigenvalue weighted by atomic mass is 32.1. The Balaban J connectivity index is 1.44. The number of nitrogens with one attached hydrogen (secondary N) is 1. The van der Waals surface area contributed by atoms with Gasteiger partial charge in [0.15, 0.2) is 0 Å². The van der Waals surface area contributed by atoms with E-state index in [0.29, 0.717) is 0 Å². The van der Waals surface area contributed by atoms with E-state index in [9.17, 15) is 0 Å². The van der Waals surface area contributed by atoms with Crippen LogP contribution in [0.1, 0.15) is 0 Å². The van der Waals surface area contributed by atoms with Gasteiger partial charge >= 0.3 is 0 Å². The third-order valence-electron chi connectivity index (χ3n) is 6.24. The van der Waals surface area contributed by atoms with Gasteiger partial charge in [-0.15, -0.1) is 11.3 Å². The second-order valence-corrected chi connectivity index (χ2v) is 9.35. The Hall–Kier alpha value is -4.08. The molecule has 2 nitrogen and oxygen atoms in total. The molecule has 0 aliphatic heterocycles. The van der Waals surface area contributed by atoms with Gasteiger partial charge in [0, 0.05) is 31.9 Å². The van der Waals surface area contributed by atoms with Crippen molar-refractivity contribution in [3.63, 3.8) is 0 Å². The van der Waals surface area contributed by atoms with E-state index in [2.05, 4.69) is 102 Å². The lowest BCUT2D eigenvalue weighted by molar-refractivity contribution is 0.669. The van der Waals surface area contributed by atoms with Crippen molar-refractivity contribution in [3.05, 3.63) is 109 Å². The number of anilines is 2. The summed E-state index contributed by atoms with van der Waals surface area (Å²) < 4.78 is 8.59. The van der Waals surface area contributed by atoms with Crippen LogP contribution in [-0.2, 0) is 0 Å². The number of rotatable bonds is 3. The molecule has 0 fully saturated rings. The fourth-order valence-electron chi connectivity index (χ4n) is 4.68. The number of hydrogen-bond acceptors (Lipinski definition) is 3. The summed E-state index contributed by atoms with van der Waals surface area (Å²) in [5.41, 5.74) is 6.44. The van der Waals surface area contributed by atoms with Gasteiger partial charge in [0.2, 0.25) is 0 Å².